The van der Waals surface area contributed by atoms with E-state index in [0.717, 1.165) is 22.6 Å². The summed E-state index contributed by atoms with van der Waals surface area (Å²) in [6.45, 7) is 2.40. The van der Waals surface area contributed by atoms with Gasteiger partial charge in [0.15, 0.2) is 5.82 Å². The van der Waals surface area contributed by atoms with Crippen molar-refractivity contribution in [1.82, 2.24) is 24.1 Å². The second kappa shape index (κ2) is 5.77. The normalized spacial score (nSPS) is 11.1. The van der Waals surface area contributed by atoms with E-state index in [4.69, 9.17) is 0 Å². The fraction of sp³-hybridized carbons (Fsp3) is 0.118. The molecule has 0 saturated carbocycles. The maximum absolute atomic E-state index is 14.3. The molecule has 4 rings (SSSR count). The minimum absolute atomic E-state index is 0.293. The maximum Gasteiger partial charge on any atom is 0.152 e. The average Bonchev–Trinajstić information content (AvgIpc) is 3.21. The van der Waals surface area contributed by atoms with Crippen LogP contribution >= 0.6 is 0 Å². The van der Waals surface area contributed by atoms with Gasteiger partial charge in [0.25, 0.3) is 0 Å². The van der Waals surface area contributed by atoms with Crippen LogP contribution in [-0.2, 0) is 6.54 Å². The zero-order valence-corrected chi connectivity index (χ0v) is 13.0. The van der Waals surface area contributed by atoms with Crippen molar-refractivity contribution in [1.29, 1.82) is 0 Å². The Hall–Kier alpha value is -3.22. The third-order valence-electron chi connectivity index (χ3n) is 3.77. The number of imidazole rings is 1. The number of rotatable bonds is 4. The summed E-state index contributed by atoms with van der Waals surface area (Å²) in [7, 11) is 0. The first-order chi connectivity index (χ1) is 11.7. The van der Waals surface area contributed by atoms with E-state index >= 15 is 0 Å². The molecule has 0 spiro atoms. The van der Waals surface area contributed by atoms with Crippen molar-refractivity contribution in [2.75, 3.05) is 5.32 Å². The van der Waals surface area contributed by atoms with Crippen LogP contribution in [0.4, 0.5) is 10.2 Å². The number of fused-ring (bicyclic) bond motifs is 1. The first kappa shape index (κ1) is 14.4. The van der Waals surface area contributed by atoms with E-state index in [1.54, 1.807) is 46.3 Å². The predicted octanol–water partition coefficient (Wildman–Crippen LogP) is 2.97. The zero-order chi connectivity index (χ0) is 16.5. The molecule has 3 aromatic heterocycles. The number of nitrogens with one attached hydrogen (secondary N) is 1. The van der Waals surface area contributed by atoms with E-state index < -0.39 is 0 Å². The Labute approximate surface area is 137 Å². The van der Waals surface area contributed by atoms with Crippen molar-refractivity contribution in [3.05, 3.63) is 72.5 Å². The number of halogens is 1. The topological polar surface area (TPSA) is 60.0 Å². The summed E-state index contributed by atoms with van der Waals surface area (Å²) < 4.78 is 17.7. The molecule has 0 unspecified atom stereocenters. The molecular weight excluding hydrogens is 307 g/mol. The largest absolute Gasteiger partial charge is 0.364 e. The number of aryl methyl sites for hydroxylation is 1. The fourth-order valence-corrected chi connectivity index (χ4v) is 2.64. The monoisotopic (exact) mass is 322 g/mol. The van der Waals surface area contributed by atoms with Crippen LogP contribution in [0, 0.1) is 12.7 Å². The van der Waals surface area contributed by atoms with Crippen LogP contribution in [0.1, 0.15) is 11.3 Å². The number of nitrogens with zero attached hydrogens (tertiary/aromatic N) is 5. The number of hydrogen-bond acceptors (Lipinski definition) is 4. The maximum atomic E-state index is 14.3. The Kier molecular flexibility index (Phi) is 3.45. The van der Waals surface area contributed by atoms with Crippen molar-refractivity contribution in [2.45, 2.75) is 13.5 Å². The first-order valence-corrected chi connectivity index (χ1v) is 7.52. The molecule has 4 aromatic rings. The van der Waals surface area contributed by atoms with Crippen LogP contribution < -0.4 is 5.32 Å². The molecule has 24 heavy (non-hydrogen) atoms. The molecule has 0 fully saturated rings. The van der Waals surface area contributed by atoms with Gasteiger partial charge < -0.3 is 9.88 Å². The van der Waals surface area contributed by atoms with Gasteiger partial charge in [-0.25, -0.2) is 18.9 Å². The molecule has 120 valence electrons. The quantitative estimate of drug-likeness (QED) is 0.627. The highest BCUT2D eigenvalue weighted by molar-refractivity contribution is 5.67. The smallest absolute Gasteiger partial charge is 0.152 e. The van der Waals surface area contributed by atoms with Gasteiger partial charge in [0.05, 0.1) is 17.7 Å². The van der Waals surface area contributed by atoms with Gasteiger partial charge in [-0.2, -0.15) is 5.10 Å². The molecule has 0 atom stereocenters. The van der Waals surface area contributed by atoms with Gasteiger partial charge in [-0.15, -0.1) is 0 Å². The van der Waals surface area contributed by atoms with Crippen LogP contribution in [0.5, 0.6) is 0 Å². The SMILES string of the molecule is Cc1cc2c(NCc3ccc(-n4ccnc4)c(F)c3)nccn2n1. The van der Waals surface area contributed by atoms with Gasteiger partial charge >= 0.3 is 0 Å². The Morgan fingerprint density at radius 1 is 1.17 bits per heavy atom. The van der Waals surface area contributed by atoms with Crippen molar-refractivity contribution < 1.29 is 4.39 Å². The molecule has 6 nitrogen and oxygen atoms in total. The second-order valence-electron chi connectivity index (χ2n) is 5.50. The first-order valence-electron chi connectivity index (χ1n) is 7.52. The van der Waals surface area contributed by atoms with Gasteiger partial charge in [-0.05, 0) is 30.7 Å². The molecule has 1 aromatic carbocycles. The van der Waals surface area contributed by atoms with E-state index in [2.05, 4.69) is 20.4 Å². The van der Waals surface area contributed by atoms with Crippen molar-refractivity contribution in [3.8, 4) is 5.69 Å². The van der Waals surface area contributed by atoms with Crippen LogP contribution in [0.15, 0.2) is 55.4 Å². The van der Waals surface area contributed by atoms with Crippen LogP contribution in [0.25, 0.3) is 11.2 Å². The molecule has 0 bridgehead atoms. The summed E-state index contributed by atoms with van der Waals surface area (Å²) in [5, 5.41) is 7.59. The van der Waals surface area contributed by atoms with E-state index in [0.29, 0.717) is 12.2 Å². The zero-order valence-electron chi connectivity index (χ0n) is 13.0. The Bertz CT molecular complexity index is 990. The van der Waals surface area contributed by atoms with Gasteiger partial charge in [0.2, 0.25) is 0 Å². The lowest BCUT2D eigenvalue weighted by Gasteiger charge is -2.09. The standard InChI is InChI=1S/C17H15FN6/c1-12-8-16-17(20-5-7-24(16)22-12)21-10-13-2-3-15(14(18)9-13)23-6-4-19-11-23/h2-9,11H,10H2,1H3,(H,20,21). The highest BCUT2D eigenvalue weighted by atomic mass is 19.1. The lowest BCUT2D eigenvalue weighted by molar-refractivity contribution is 0.616. The summed E-state index contributed by atoms with van der Waals surface area (Å²) in [4.78, 5) is 8.27. The Balaban J connectivity index is 1.56. The van der Waals surface area contributed by atoms with Crippen molar-refractivity contribution in [2.24, 2.45) is 0 Å². The lowest BCUT2D eigenvalue weighted by atomic mass is 10.2. The third kappa shape index (κ3) is 2.60. The summed E-state index contributed by atoms with van der Waals surface area (Å²) in [6, 6.07) is 7.10. The van der Waals surface area contributed by atoms with E-state index in [1.807, 2.05) is 19.1 Å². The molecule has 0 aliphatic rings. The van der Waals surface area contributed by atoms with E-state index in [1.165, 1.54) is 6.07 Å². The molecule has 0 aliphatic heterocycles. The summed E-state index contributed by atoms with van der Waals surface area (Å²) >= 11 is 0. The minimum atomic E-state index is -0.293. The second-order valence-corrected chi connectivity index (χ2v) is 5.50. The number of anilines is 1. The number of benzene rings is 1. The molecular formula is C17H15FN6. The molecule has 0 radical (unpaired) electrons. The molecule has 0 aliphatic carbocycles. The highest BCUT2D eigenvalue weighted by Gasteiger charge is 2.08. The van der Waals surface area contributed by atoms with Crippen LogP contribution in [0.2, 0.25) is 0 Å². The van der Waals surface area contributed by atoms with E-state index in [-0.39, 0.29) is 5.82 Å². The third-order valence-corrected chi connectivity index (χ3v) is 3.77. The fourth-order valence-electron chi connectivity index (χ4n) is 2.64. The van der Waals surface area contributed by atoms with Crippen LogP contribution in [0.3, 0.4) is 0 Å². The lowest BCUT2D eigenvalue weighted by Crippen LogP contribution is -2.04. The van der Waals surface area contributed by atoms with Gasteiger partial charge in [-0.3, -0.25) is 0 Å². The van der Waals surface area contributed by atoms with Crippen molar-refractivity contribution in [3.63, 3.8) is 0 Å². The predicted molar refractivity (Wildman–Crippen MR) is 88.6 cm³/mol. The van der Waals surface area contributed by atoms with Gasteiger partial charge in [0, 0.05) is 31.3 Å². The molecule has 3 heterocycles. The summed E-state index contributed by atoms with van der Waals surface area (Å²) in [5.74, 6) is 0.427. The Morgan fingerprint density at radius 3 is 2.88 bits per heavy atom. The number of aromatic nitrogens is 5. The van der Waals surface area contributed by atoms with E-state index in [9.17, 15) is 4.39 Å². The molecule has 1 N–H and O–H groups in total. The summed E-state index contributed by atoms with van der Waals surface area (Å²) in [6.07, 6.45) is 8.39. The molecule has 7 heteroatoms. The van der Waals surface area contributed by atoms with Gasteiger partial charge in [0.1, 0.15) is 11.3 Å². The summed E-state index contributed by atoms with van der Waals surface area (Å²) in [5.41, 5.74) is 3.12. The highest BCUT2D eigenvalue weighted by Crippen LogP contribution is 2.18. The van der Waals surface area contributed by atoms with Crippen molar-refractivity contribution >= 4 is 11.3 Å². The Morgan fingerprint density at radius 2 is 2.08 bits per heavy atom. The molecule has 0 amide bonds. The number of hydrogen-bond donors (Lipinski definition) is 1. The van der Waals surface area contributed by atoms with Crippen LogP contribution in [-0.4, -0.2) is 24.1 Å². The molecule has 0 saturated heterocycles. The average molecular weight is 322 g/mol. The minimum Gasteiger partial charge on any atom is -0.364 e. The van der Waals surface area contributed by atoms with Gasteiger partial charge in [-0.1, -0.05) is 6.07 Å².